The standard InChI is InChI=1S/C39H51N7O6S/c1-27(2)36(44-38(49)45(3)23-31-26-53-35(41-31)24-46-18-10-11-19-46)37(48)42-30(20-28-12-6-4-7-13-28)22-34(47)33(21-29-14-8-5-9-15-29)43-39(50)51-25-32-16-17-40-52-32/h4-9,12-17,26-27,30,33-34,36,47H,10-11,18-25H2,1-3H3,(H,42,48)(H,43,50)(H,44,49)/t30?,33-,34?,36-/m0/s1. The third-order valence-corrected chi connectivity index (χ3v) is 10.1. The molecule has 3 heterocycles. The van der Waals surface area contributed by atoms with E-state index in [0.29, 0.717) is 25.1 Å². The molecule has 14 heteroatoms. The van der Waals surface area contributed by atoms with Crippen LogP contribution in [-0.4, -0.2) is 87.4 Å². The molecule has 0 aliphatic carbocycles. The highest BCUT2D eigenvalue weighted by Gasteiger charge is 2.31. The lowest BCUT2D eigenvalue weighted by Gasteiger charge is -2.30. The quantitative estimate of drug-likeness (QED) is 0.111. The number of alkyl carbamates (subject to hydrolysis) is 1. The zero-order chi connectivity index (χ0) is 37.6. The van der Waals surface area contributed by atoms with Crippen molar-refractivity contribution < 1.29 is 28.8 Å². The number of carbonyl (C=O) groups is 3. The molecule has 0 saturated carbocycles. The Morgan fingerprint density at radius 3 is 2.28 bits per heavy atom. The van der Waals surface area contributed by atoms with Crippen molar-refractivity contribution in [2.75, 3.05) is 20.1 Å². The molecular weight excluding hydrogens is 695 g/mol. The maximum absolute atomic E-state index is 13.9. The van der Waals surface area contributed by atoms with Crippen LogP contribution in [0.1, 0.15) is 60.7 Å². The van der Waals surface area contributed by atoms with Gasteiger partial charge in [0, 0.05) is 24.5 Å². The fourth-order valence-corrected chi connectivity index (χ4v) is 7.18. The number of ether oxygens (including phenoxy) is 1. The second kappa shape index (κ2) is 19.9. The number of benzene rings is 2. The van der Waals surface area contributed by atoms with Gasteiger partial charge < -0.3 is 35.2 Å². The van der Waals surface area contributed by atoms with Crippen LogP contribution in [0.3, 0.4) is 0 Å². The Kier molecular flexibility index (Phi) is 14.8. The average Bonchev–Trinajstić information content (AvgIpc) is 3.95. The van der Waals surface area contributed by atoms with Crippen molar-refractivity contribution in [3.05, 3.63) is 106 Å². The van der Waals surface area contributed by atoms with E-state index in [1.54, 1.807) is 24.5 Å². The normalized spacial score (nSPS) is 15.3. The summed E-state index contributed by atoms with van der Waals surface area (Å²) in [5.74, 6) is -0.211. The van der Waals surface area contributed by atoms with Gasteiger partial charge in [0.1, 0.15) is 11.0 Å². The lowest BCUT2D eigenvalue weighted by Crippen LogP contribution is -2.55. The second-order valence-electron chi connectivity index (χ2n) is 13.9. The minimum Gasteiger partial charge on any atom is -0.441 e. The third-order valence-electron chi connectivity index (χ3n) is 9.23. The number of carbonyl (C=O) groups excluding carboxylic acids is 3. The van der Waals surface area contributed by atoms with Gasteiger partial charge in [0.05, 0.1) is 37.1 Å². The SMILES string of the molecule is CC(C)[C@H](NC(=O)N(C)Cc1csc(CN2CCCC2)n1)C(=O)NC(Cc1ccccc1)CC(O)[C@H](Cc1ccccc1)NC(=O)OCc1ccno1. The fourth-order valence-electron chi connectivity index (χ4n) is 6.36. The first-order valence-electron chi connectivity index (χ1n) is 18.2. The zero-order valence-electron chi connectivity index (χ0n) is 30.6. The van der Waals surface area contributed by atoms with E-state index in [1.807, 2.05) is 79.9 Å². The van der Waals surface area contributed by atoms with Gasteiger partial charge in [0.2, 0.25) is 5.91 Å². The number of aromatic nitrogens is 2. The Morgan fingerprint density at radius 1 is 0.962 bits per heavy atom. The Balaban J connectivity index is 1.24. The van der Waals surface area contributed by atoms with Gasteiger partial charge in [-0.2, -0.15) is 0 Å². The number of aliphatic hydroxyl groups is 1. The summed E-state index contributed by atoms with van der Waals surface area (Å²) in [5, 5.41) is 27.2. The van der Waals surface area contributed by atoms with Crippen LogP contribution >= 0.6 is 11.3 Å². The number of likely N-dealkylation sites (tertiary alicyclic amines) is 1. The lowest BCUT2D eigenvalue weighted by atomic mass is 9.93. The first-order valence-corrected chi connectivity index (χ1v) is 19.1. The number of amides is 4. The van der Waals surface area contributed by atoms with Crippen LogP contribution in [-0.2, 0) is 42.1 Å². The molecule has 4 aromatic rings. The number of hydrogen-bond acceptors (Lipinski definition) is 10. The molecule has 4 N–H and O–H groups in total. The van der Waals surface area contributed by atoms with Crippen molar-refractivity contribution in [1.29, 1.82) is 0 Å². The molecule has 4 amide bonds. The maximum atomic E-state index is 13.9. The number of hydrogen-bond donors (Lipinski definition) is 4. The fraction of sp³-hybridized carbons (Fsp3) is 0.462. The molecular formula is C39H51N7O6S. The minimum absolute atomic E-state index is 0.114. The van der Waals surface area contributed by atoms with E-state index in [1.165, 1.54) is 23.9 Å². The summed E-state index contributed by atoms with van der Waals surface area (Å²) in [5.41, 5.74) is 2.67. The van der Waals surface area contributed by atoms with Gasteiger partial charge in [-0.05, 0) is 62.2 Å². The summed E-state index contributed by atoms with van der Waals surface area (Å²) in [6, 6.07) is 18.3. The molecule has 0 bridgehead atoms. The monoisotopic (exact) mass is 745 g/mol. The molecule has 1 aliphatic rings. The van der Waals surface area contributed by atoms with E-state index >= 15 is 0 Å². The van der Waals surface area contributed by atoms with Crippen LogP contribution in [0.15, 0.2) is 82.8 Å². The van der Waals surface area contributed by atoms with Crippen LogP contribution < -0.4 is 16.0 Å². The molecule has 0 radical (unpaired) electrons. The van der Waals surface area contributed by atoms with Crippen molar-refractivity contribution in [3.8, 4) is 0 Å². The second-order valence-corrected chi connectivity index (χ2v) is 14.9. The van der Waals surface area contributed by atoms with Crippen LogP contribution in [0.2, 0.25) is 0 Å². The summed E-state index contributed by atoms with van der Waals surface area (Å²) in [6.45, 7) is 6.95. The molecule has 1 saturated heterocycles. The van der Waals surface area contributed by atoms with Gasteiger partial charge in [-0.1, -0.05) is 79.7 Å². The Labute approximate surface area is 315 Å². The molecule has 4 atom stereocenters. The lowest BCUT2D eigenvalue weighted by molar-refractivity contribution is -0.124. The van der Waals surface area contributed by atoms with Gasteiger partial charge >= 0.3 is 12.1 Å². The summed E-state index contributed by atoms with van der Waals surface area (Å²) in [7, 11) is 1.69. The number of nitrogens with zero attached hydrogens (tertiary/aromatic N) is 4. The van der Waals surface area contributed by atoms with Crippen LogP contribution in [0.25, 0.3) is 0 Å². The highest BCUT2D eigenvalue weighted by Crippen LogP contribution is 2.18. The number of aliphatic hydroxyl groups excluding tert-OH is 1. The highest BCUT2D eigenvalue weighted by molar-refractivity contribution is 7.09. The molecule has 1 fully saturated rings. The maximum Gasteiger partial charge on any atom is 0.407 e. The summed E-state index contributed by atoms with van der Waals surface area (Å²) >= 11 is 1.60. The summed E-state index contributed by atoms with van der Waals surface area (Å²) in [4.78, 5) is 48.9. The third kappa shape index (κ3) is 12.7. The number of urea groups is 1. The molecule has 284 valence electrons. The largest absolute Gasteiger partial charge is 0.441 e. The first kappa shape index (κ1) is 39.4. The zero-order valence-corrected chi connectivity index (χ0v) is 31.5. The van der Waals surface area contributed by atoms with Gasteiger partial charge in [-0.25, -0.2) is 14.6 Å². The Bertz CT molecular complexity index is 1700. The van der Waals surface area contributed by atoms with Crippen molar-refractivity contribution in [1.82, 2.24) is 35.9 Å². The van der Waals surface area contributed by atoms with Crippen LogP contribution in [0, 0.1) is 5.92 Å². The molecule has 5 rings (SSSR count). The van der Waals surface area contributed by atoms with E-state index < -0.39 is 30.3 Å². The van der Waals surface area contributed by atoms with E-state index in [4.69, 9.17) is 14.2 Å². The topological polar surface area (TPSA) is 162 Å². The molecule has 0 spiro atoms. The van der Waals surface area contributed by atoms with Gasteiger partial charge in [-0.15, -0.1) is 11.3 Å². The smallest absolute Gasteiger partial charge is 0.407 e. The molecule has 2 unspecified atom stereocenters. The van der Waals surface area contributed by atoms with E-state index in [-0.39, 0.29) is 30.9 Å². The molecule has 53 heavy (non-hydrogen) atoms. The first-order chi connectivity index (χ1) is 25.6. The molecule has 1 aliphatic heterocycles. The van der Waals surface area contributed by atoms with Gasteiger partial charge in [0.25, 0.3) is 0 Å². The number of thiazole rings is 1. The highest BCUT2D eigenvalue weighted by atomic mass is 32.1. The molecule has 2 aromatic heterocycles. The number of nitrogens with one attached hydrogen (secondary N) is 3. The van der Waals surface area contributed by atoms with Crippen molar-refractivity contribution in [2.45, 2.75) is 89.9 Å². The predicted molar refractivity (Wildman–Crippen MR) is 202 cm³/mol. The van der Waals surface area contributed by atoms with Crippen molar-refractivity contribution in [2.24, 2.45) is 5.92 Å². The van der Waals surface area contributed by atoms with E-state index in [2.05, 4.69) is 26.0 Å². The van der Waals surface area contributed by atoms with Gasteiger partial charge in [0.15, 0.2) is 12.4 Å². The summed E-state index contributed by atoms with van der Waals surface area (Å²) in [6.07, 6.45) is 2.94. The number of rotatable bonds is 18. The molecule has 2 aromatic carbocycles. The molecule has 13 nitrogen and oxygen atoms in total. The summed E-state index contributed by atoms with van der Waals surface area (Å²) < 4.78 is 10.4. The van der Waals surface area contributed by atoms with Crippen LogP contribution in [0.5, 0.6) is 0 Å². The van der Waals surface area contributed by atoms with Crippen molar-refractivity contribution >= 4 is 29.4 Å². The Hall–Kier alpha value is -4.79. The van der Waals surface area contributed by atoms with Crippen LogP contribution in [0.4, 0.5) is 9.59 Å². The Morgan fingerprint density at radius 2 is 1.64 bits per heavy atom. The van der Waals surface area contributed by atoms with Gasteiger partial charge in [-0.3, -0.25) is 9.69 Å². The van der Waals surface area contributed by atoms with E-state index in [0.717, 1.165) is 41.5 Å². The van der Waals surface area contributed by atoms with Crippen molar-refractivity contribution in [3.63, 3.8) is 0 Å². The minimum atomic E-state index is -1.08. The van der Waals surface area contributed by atoms with E-state index in [9.17, 15) is 19.5 Å². The average molecular weight is 746 g/mol. The predicted octanol–water partition coefficient (Wildman–Crippen LogP) is 4.91.